The van der Waals surface area contributed by atoms with Crippen molar-refractivity contribution in [1.29, 1.82) is 0 Å². The number of carbonyl (C=O) groups is 1. The van der Waals surface area contributed by atoms with Crippen LogP contribution in [0.4, 0.5) is 0 Å². The molecule has 1 N–H and O–H groups in total. The van der Waals surface area contributed by atoms with Gasteiger partial charge in [0.25, 0.3) is 5.91 Å². The van der Waals surface area contributed by atoms with Crippen molar-refractivity contribution in [2.75, 3.05) is 6.54 Å². The number of amides is 1. The Morgan fingerprint density at radius 3 is 2.79 bits per heavy atom. The second kappa shape index (κ2) is 6.41. The van der Waals surface area contributed by atoms with E-state index in [1.807, 2.05) is 35.0 Å². The van der Waals surface area contributed by atoms with E-state index in [1.165, 1.54) is 0 Å². The minimum absolute atomic E-state index is 0.0931. The highest BCUT2D eigenvalue weighted by Crippen LogP contribution is 2.06. The van der Waals surface area contributed by atoms with Crippen molar-refractivity contribution in [3.05, 3.63) is 54.1 Å². The SMILES string of the molecule is C#CCCNC(=O)c1ccc(Cn2ccnc2)cc1. The van der Waals surface area contributed by atoms with Crippen LogP contribution in [0.25, 0.3) is 0 Å². The van der Waals surface area contributed by atoms with Gasteiger partial charge in [0.15, 0.2) is 0 Å². The Bertz CT molecular complexity index is 564. The number of terminal acetylenes is 1. The summed E-state index contributed by atoms with van der Waals surface area (Å²) in [5, 5.41) is 2.77. The van der Waals surface area contributed by atoms with Gasteiger partial charge < -0.3 is 9.88 Å². The third kappa shape index (κ3) is 3.71. The lowest BCUT2D eigenvalue weighted by Gasteiger charge is -2.05. The zero-order valence-electron chi connectivity index (χ0n) is 10.5. The summed E-state index contributed by atoms with van der Waals surface area (Å²) in [5.41, 5.74) is 1.77. The number of hydrogen-bond donors (Lipinski definition) is 1. The van der Waals surface area contributed by atoms with E-state index in [1.54, 1.807) is 12.5 Å². The van der Waals surface area contributed by atoms with Gasteiger partial charge in [-0.15, -0.1) is 12.3 Å². The third-order valence-corrected chi connectivity index (χ3v) is 2.70. The van der Waals surface area contributed by atoms with E-state index in [0.29, 0.717) is 18.5 Å². The number of nitrogens with zero attached hydrogens (tertiary/aromatic N) is 2. The predicted molar refractivity (Wildman–Crippen MR) is 73.6 cm³/mol. The summed E-state index contributed by atoms with van der Waals surface area (Å²) < 4.78 is 1.97. The molecule has 0 saturated carbocycles. The zero-order chi connectivity index (χ0) is 13.5. The normalized spacial score (nSPS) is 9.84. The molecule has 1 amide bonds. The molecule has 0 saturated heterocycles. The van der Waals surface area contributed by atoms with Gasteiger partial charge in [0, 0.05) is 37.5 Å². The summed E-state index contributed by atoms with van der Waals surface area (Å²) in [6.07, 6.45) is 11.1. The fourth-order valence-electron chi connectivity index (χ4n) is 1.70. The average Bonchev–Trinajstić information content (AvgIpc) is 2.93. The van der Waals surface area contributed by atoms with Crippen LogP contribution in [-0.2, 0) is 6.54 Å². The summed E-state index contributed by atoms with van der Waals surface area (Å²) in [6.45, 7) is 1.26. The van der Waals surface area contributed by atoms with Gasteiger partial charge in [0.1, 0.15) is 0 Å². The second-order valence-electron chi connectivity index (χ2n) is 4.14. The number of rotatable bonds is 5. The van der Waals surface area contributed by atoms with E-state index < -0.39 is 0 Å². The molecule has 2 aromatic rings. The van der Waals surface area contributed by atoms with Crippen LogP contribution in [0.15, 0.2) is 43.0 Å². The molecule has 1 aromatic carbocycles. The molecule has 0 radical (unpaired) electrons. The molecule has 0 spiro atoms. The van der Waals surface area contributed by atoms with E-state index in [4.69, 9.17) is 6.42 Å². The Morgan fingerprint density at radius 2 is 2.16 bits per heavy atom. The maximum absolute atomic E-state index is 11.8. The first-order valence-electron chi connectivity index (χ1n) is 6.06. The molecular formula is C15H15N3O. The smallest absolute Gasteiger partial charge is 0.251 e. The lowest BCUT2D eigenvalue weighted by atomic mass is 10.1. The van der Waals surface area contributed by atoms with Gasteiger partial charge in [-0.25, -0.2) is 4.98 Å². The molecule has 0 atom stereocenters. The Balaban J connectivity index is 1.94. The van der Waals surface area contributed by atoms with E-state index in [-0.39, 0.29) is 5.91 Å². The van der Waals surface area contributed by atoms with Crippen LogP contribution >= 0.6 is 0 Å². The van der Waals surface area contributed by atoms with E-state index in [2.05, 4.69) is 16.2 Å². The fraction of sp³-hybridized carbons (Fsp3) is 0.200. The van der Waals surface area contributed by atoms with Gasteiger partial charge in [0.2, 0.25) is 0 Å². The number of carbonyl (C=O) groups excluding carboxylic acids is 1. The molecular weight excluding hydrogens is 238 g/mol. The maximum Gasteiger partial charge on any atom is 0.251 e. The standard InChI is InChI=1S/C15H15N3O/c1-2-3-8-17-15(19)14-6-4-13(5-7-14)11-18-10-9-16-12-18/h1,4-7,9-10,12H,3,8,11H2,(H,17,19). The summed E-state index contributed by atoms with van der Waals surface area (Å²) in [6, 6.07) is 7.52. The van der Waals surface area contributed by atoms with Crippen molar-refractivity contribution in [2.45, 2.75) is 13.0 Å². The molecule has 0 bridgehead atoms. The summed E-state index contributed by atoms with van der Waals surface area (Å²) in [5.74, 6) is 2.39. The zero-order valence-corrected chi connectivity index (χ0v) is 10.5. The Hall–Kier alpha value is -2.54. The predicted octanol–water partition coefficient (Wildman–Crippen LogP) is 1.68. The van der Waals surface area contributed by atoms with Gasteiger partial charge in [-0.05, 0) is 17.7 Å². The summed E-state index contributed by atoms with van der Waals surface area (Å²) in [4.78, 5) is 15.7. The van der Waals surface area contributed by atoms with Crippen molar-refractivity contribution >= 4 is 5.91 Å². The van der Waals surface area contributed by atoms with E-state index >= 15 is 0 Å². The van der Waals surface area contributed by atoms with Gasteiger partial charge >= 0.3 is 0 Å². The quantitative estimate of drug-likeness (QED) is 0.651. The topological polar surface area (TPSA) is 46.9 Å². The summed E-state index contributed by atoms with van der Waals surface area (Å²) in [7, 11) is 0. The molecule has 19 heavy (non-hydrogen) atoms. The molecule has 1 heterocycles. The number of nitrogens with one attached hydrogen (secondary N) is 1. The highest BCUT2D eigenvalue weighted by Gasteiger charge is 2.04. The molecule has 4 nitrogen and oxygen atoms in total. The van der Waals surface area contributed by atoms with Gasteiger partial charge in [0.05, 0.1) is 6.33 Å². The monoisotopic (exact) mass is 253 g/mol. The summed E-state index contributed by atoms with van der Waals surface area (Å²) >= 11 is 0. The largest absolute Gasteiger partial charge is 0.351 e. The molecule has 0 aliphatic heterocycles. The number of benzene rings is 1. The van der Waals surface area contributed by atoms with Crippen molar-refractivity contribution in [2.24, 2.45) is 0 Å². The van der Waals surface area contributed by atoms with Crippen LogP contribution in [0.2, 0.25) is 0 Å². The van der Waals surface area contributed by atoms with Crippen LogP contribution in [0.1, 0.15) is 22.3 Å². The second-order valence-corrected chi connectivity index (χ2v) is 4.14. The lowest BCUT2D eigenvalue weighted by molar-refractivity contribution is 0.0954. The number of hydrogen-bond acceptors (Lipinski definition) is 2. The van der Waals surface area contributed by atoms with Crippen molar-refractivity contribution < 1.29 is 4.79 Å². The maximum atomic E-state index is 11.8. The number of imidazole rings is 1. The van der Waals surface area contributed by atoms with Crippen LogP contribution in [0.5, 0.6) is 0 Å². The Labute approximate surface area is 112 Å². The number of aromatic nitrogens is 2. The first kappa shape index (κ1) is 12.9. The van der Waals surface area contributed by atoms with E-state index in [0.717, 1.165) is 12.1 Å². The minimum atomic E-state index is -0.0931. The highest BCUT2D eigenvalue weighted by atomic mass is 16.1. The molecule has 0 fully saturated rings. The van der Waals surface area contributed by atoms with Crippen LogP contribution in [0.3, 0.4) is 0 Å². The van der Waals surface area contributed by atoms with Gasteiger partial charge in [-0.2, -0.15) is 0 Å². The van der Waals surface area contributed by atoms with Crippen molar-refractivity contribution in [1.82, 2.24) is 14.9 Å². The Morgan fingerprint density at radius 1 is 1.37 bits per heavy atom. The average molecular weight is 253 g/mol. The first-order chi connectivity index (χ1) is 9.29. The van der Waals surface area contributed by atoms with Crippen molar-refractivity contribution in [3.8, 4) is 12.3 Å². The highest BCUT2D eigenvalue weighted by molar-refractivity contribution is 5.94. The molecule has 0 unspecified atom stereocenters. The third-order valence-electron chi connectivity index (χ3n) is 2.70. The van der Waals surface area contributed by atoms with Gasteiger partial charge in [-0.3, -0.25) is 4.79 Å². The Kier molecular flexibility index (Phi) is 4.35. The minimum Gasteiger partial charge on any atom is -0.351 e. The first-order valence-corrected chi connectivity index (χ1v) is 6.06. The van der Waals surface area contributed by atoms with Crippen LogP contribution in [0, 0.1) is 12.3 Å². The lowest BCUT2D eigenvalue weighted by Crippen LogP contribution is -2.24. The van der Waals surface area contributed by atoms with Crippen molar-refractivity contribution in [3.63, 3.8) is 0 Å². The van der Waals surface area contributed by atoms with E-state index in [9.17, 15) is 4.79 Å². The fourth-order valence-corrected chi connectivity index (χ4v) is 1.70. The molecule has 0 aliphatic carbocycles. The molecule has 2 rings (SSSR count). The molecule has 1 aromatic heterocycles. The molecule has 0 aliphatic rings. The molecule has 96 valence electrons. The molecule has 4 heteroatoms. The van der Waals surface area contributed by atoms with Crippen LogP contribution in [-0.4, -0.2) is 22.0 Å². The van der Waals surface area contributed by atoms with Crippen LogP contribution < -0.4 is 5.32 Å². The van der Waals surface area contributed by atoms with Gasteiger partial charge in [-0.1, -0.05) is 12.1 Å².